The van der Waals surface area contributed by atoms with Crippen LogP contribution in [0.4, 0.5) is 11.4 Å². The molecule has 3 rings (SSSR count). The average molecular weight is 362 g/mol. The summed E-state index contributed by atoms with van der Waals surface area (Å²) in [5.74, 6) is 0.567. The lowest BCUT2D eigenvalue weighted by molar-refractivity contribution is -0.384. The monoisotopic (exact) mass is 362 g/mol. The van der Waals surface area contributed by atoms with Gasteiger partial charge in [0.05, 0.1) is 16.4 Å². The summed E-state index contributed by atoms with van der Waals surface area (Å²) in [5.41, 5.74) is 0.502. The highest BCUT2D eigenvalue weighted by atomic mass is 32.2. The Labute approximate surface area is 142 Å². The molecule has 3 aromatic rings. The number of nitro groups is 1. The standard InChI is InChI=1S/C14H14N6O4S/c1-15-25(23,24)10-5-6-11(12(8-10)20(21)22)16-9-14-18-17-13-4-2-3-7-19(13)14/h2-8,15-16H,9H2,1H3. The van der Waals surface area contributed by atoms with E-state index in [-0.39, 0.29) is 22.8 Å². The van der Waals surface area contributed by atoms with E-state index in [1.54, 1.807) is 16.7 Å². The van der Waals surface area contributed by atoms with Crippen LogP contribution < -0.4 is 10.0 Å². The van der Waals surface area contributed by atoms with Crippen molar-refractivity contribution in [1.82, 2.24) is 19.3 Å². The predicted octanol–water partition coefficient (Wildman–Crippen LogP) is 1.16. The van der Waals surface area contributed by atoms with Crippen molar-refractivity contribution in [3.05, 3.63) is 58.5 Å². The van der Waals surface area contributed by atoms with Crippen molar-refractivity contribution in [1.29, 1.82) is 0 Å². The van der Waals surface area contributed by atoms with E-state index in [0.29, 0.717) is 11.5 Å². The number of hydrogen-bond acceptors (Lipinski definition) is 7. The fourth-order valence-electron chi connectivity index (χ4n) is 2.28. The van der Waals surface area contributed by atoms with Crippen LogP contribution in [0.5, 0.6) is 0 Å². The summed E-state index contributed by atoms with van der Waals surface area (Å²) in [6.07, 6.45) is 1.78. The van der Waals surface area contributed by atoms with E-state index < -0.39 is 14.9 Å². The molecule has 0 amide bonds. The summed E-state index contributed by atoms with van der Waals surface area (Å²) in [4.78, 5) is 10.5. The van der Waals surface area contributed by atoms with Crippen LogP contribution in [0.25, 0.3) is 5.65 Å². The third kappa shape index (κ3) is 3.27. The van der Waals surface area contributed by atoms with Gasteiger partial charge in [0.15, 0.2) is 11.5 Å². The third-order valence-corrected chi connectivity index (χ3v) is 4.98. The van der Waals surface area contributed by atoms with Crippen molar-refractivity contribution in [3.63, 3.8) is 0 Å². The molecule has 0 bridgehead atoms. The second-order valence-corrected chi connectivity index (χ2v) is 6.93. The topological polar surface area (TPSA) is 132 Å². The minimum Gasteiger partial charge on any atom is -0.372 e. The molecular formula is C14H14N6O4S. The van der Waals surface area contributed by atoms with E-state index in [1.807, 2.05) is 12.1 Å². The maximum atomic E-state index is 11.8. The van der Waals surface area contributed by atoms with Crippen LogP contribution in [0.1, 0.15) is 5.82 Å². The number of benzene rings is 1. The number of nitro benzene ring substituents is 1. The van der Waals surface area contributed by atoms with E-state index in [9.17, 15) is 18.5 Å². The second-order valence-electron chi connectivity index (χ2n) is 5.04. The smallest absolute Gasteiger partial charge is 0.293 e. The van der Waals surface area contributed by atoms with E-state index in [4.69, 9.17) is 0 Å². The number of rotatable bonds is 6. The Morgan fingerprint density at radius 1 is 1.24 bits per heavy atom. The first-order chi connectivity index (χ1) is 11.9. The number of sulfonamides is 1. The third-order valence-electron chi connectivity index (χ3n) is 3.57. The Balaban J connectivity index is 1.91. The second kappa shape index (κ2) is 6.45. The average Bonchev–Trinajstić information content (AvgIpc) is 3.03. The van der Waals surface area contributed by atoms with Crippen molar-refractivity contribution in [2.75, 3.05) is 12.4 Å². The quantitative estimate of drug-likeness (QED) is 0.497. The maximum absolute atomic E-state index is 11.8. The molecule has 11 heteroatoms. The van der Waals surface area contributed by atoms with Crippen LogP contribution in [0, 0.1) is 10.1 Å². The Bertz CT molecular complexity index is 1050. The van der Waals surface area contributed by atoms with E-state index >= 15 is 0 Å². The molecule has 2 N–H and O–H groups in total. The maximum Gasteiger partial charge on any atom is 0.293 e. The summed E-state index contributed by atoms with van der Waals surface area (Å²) >= 11 is 0. The Kier molecular flexibility index (Phi) is 4.33. The van der Waals surface area contributed by atoms with Gasteiger partial charge in [-0.15, -0.1) is 10.2 Å². The van der Waals surface area contributed by atoms with Gasteiger partial charge in [-0.1, -0.05) is 6.07 Å². The number of aromatic nitrogens is 3. The molecule has 0 saturated heterocycles. The molecule has 0 radical (unpaired) electrons. The number of anilines is 1. The van der Waals surface area contributed by atoms with Gasteiger partial charge in [-0.05, 0) is 31.3 Å². The fraction of sp³-hybridized carbons (Fsp3) is 0.143. The van der Waals surface area contributed by atoms with Crippen molar-refractivity contribution in [3.8, 4) is 0 Å². The molecule has 2 aromatic heterocycles. The molecule has 25 heavy (non-hydrogen) atoms. The molecule has 0 fully saturated rings. The molecule has 0 unspecified atom stereocenters. The van der Waals surface area contributed by atoms with Gasteiger partial charge in [-0.2, -0.15) is 0 Å². The van der Waals surface area contributed by atoms with Crippen LogP contribution in [-0.2, 0) is 16.6 Å². The van der Waals surface area contributed by atoms with Crippen LogP contribution in [0.3, 0.4) is 0 Å². The molecule has 0 atom stereocenters. The molecule has 10 nitrogen and oxygen atoms in total. The molecule has 2 heterocycles. The van der Waals surface area contributed by atoms with Gasteiger partial charge in [-0.3, -0.25) is 14.5 Å². The zero-order valence-electron chi connectivity index (χ0n) is 13.1. The minimum atomic E-state index is -3.77. The molecule has 0 spiro atoms. The molecule has 1 aromatic carbocycles. The van der Waals surface area contributed by atoms with Gasteiger partial charge in [0, 0.05) is 12.3 Å². The van der Waals surface area contributed by atoms with Crippen LogP contribution in [0.2, 0.25) is 0 Å². The lowest BCUT2D eigenvalue weighted by Crippen LogP contribution is -2.18. The fourth-order valence-corrected chi connectivity index (χ4v) is 3.03. The number of hydrogen-bond donors (Lipinski definition) is 2. The van der Waals surface area contributed by atoms with Crippen molar-refractivity contribution in [2.24, 2.45) is 0 Å². The van der Waals surface area contributed by atoms with Gasteiger partial charge in [-0.25, -0.2) is 13.1 Å². The number of pyridine rings is 1. The molecule has 130 valence electrons. The normalized spacial score (nSPS) is 11.6. The van der Waals surface area contributed by atoms with E-state index in [2.05, 4.69) is 20.2 Å². The van der Waals surface area contributed by atoms with Crippen LogP contribution in [-0.4, -0.2) is 35.0 Å². The molecular weight excluding hydrogens is 348 g/mol. The lowest BCUT2D eigenvalue weighted by Gasteiger charge is -2.08. The highest BCUT2D eigenvalue weighted by molar-refractivity contribution is 7.89. The minimum absolute atomic E-state index is 0.180. The van der Waals surface area contributed by atoms with Crippen molar-refractivity contribution in [2.45, 2.75) is 11.4 Å². The SMILES string of the molecule is CNS(=O)(=O)c1ccc(NCc2nnc3ccccn23)c([N+](=O)[O-])c1. The molecule has 0 saturated carbocycles. The largest absolute Gasteiger partial charge is 0.372 e. The summed E-state index contributed by atoms with van der Waals surface area (Å²) in [6, 6.07) is 9.09. The first-order valence-corrected chi connectivity index (χ1v) is 8.65. The van der Waals surface area contributed by atoms with Gasteiger partial charge in [0.2, 0.25) is 10.0 Å². The predicted molar refractivity (Wildman–Crippen MR) is 89.7 cm³/mol. The Morgan fingerprint density at radius 3 is 2.76 bits per heavy atom. The summed E-state index contributed by atoms with van der Waals surface area (Å²) in [7, 11) is -2.53. The number of nitrogens with one attached hydrogen (secondary N) is 2. The summed E-state index contributed by atoms with van der Waals surface area (Å²) in [6.45, 7) is 0.185. The van der Waals surface area contributed by atoms with Crippen molar-refractivity contribution < 1.29 is 13.3 Å². The first kappa shape index (κ1) is 16.8. The van der Waals surface area contributed by atoms with Crippen LogP contribution >= 0.6 is 0 Å². The van der Waals surface area contributed by atoms with Gasteiger partial charge < -0.3 is 5.32 Å². The highest BCUT2D eigenvalue weighted by Gasteiger charge is 2.20. The van der Waals surface area contributed by atoms with Crippen molar-refractivity contribution >= 4 is 27.0 Å². The zero-order chi connectivity index (χ0) is 18.0. The molecule has 0 aliphatic rings. The van der Waals surface area contributed by atoms with E-state index in [0.717, 1.165) is 6.07 Å². The number of fused-ring (bicyclic) bond motifs is 1. The molecule has 0 aliphatic carbocycles. The Morgan fingerprint density at radius 2 is 2.04 bits per heavy atom. The number of nitrogens with zero attached hydrogens (tertiary/aromatic N) is 4. The lowest BCUT2D eigenvalue weighted by atomic mass is 10.2. The van der Waals surface area contributed by atoms with Gasteiger partial charge in [0.1, 0.15) is 5.69 Å². The van der Waals surface area contributed by atoms with Gasteiger partial charge in [0.25, 0.3) is 5.69 Å². The zero-order valence-corrected chi connectivity index (χ0v) is 13.9. The van der Waals surface area contributed by atoms with Crippen LogP contribution in [0.15, 0.2) is 47.5 Å². The first-order valence-electron chi connectivity index (χ1n) is 7.17. The van der Waals surface area contributed by atoms with Gasteiger partial charge >= 0.3 is 0 Å². The Hall–Kier alpha value is -3.05. The summed E-state index contributed by atoms with van der Waals surface area (Å²) in [5, 5.41) is 22.2. The van der Waals surface area contributed by atoms with E-state index in [1.165, 1.54) is 19.2 Å². The molecule has 0 aliphatic heterocycles. The highest BCUT2D eigenvalue weighted by Crippen LogP contribution is 2.27. The summed E-state index contributed by atoms with van der Waals surface area (Å²) < 4.78 is 27.5.